The number of thiocarbonyl (C=S) groups is 1. The molecule has 1 atom stereocenters. The molecule has 1 aliphatic carbocycles. The molecule has 2 aromatic rings. The molecule has 1 aliphatic rings. The van der Waals surface area contributed by atoms with E-state index in [1.165, 1.54) is 44.1 Å². The molecule has 2 aromatic carbocycles. The van der Waals surface area contributed by atoms with Crippen LogP contribution >= 0.6 is 12.2 Å². The third-order valence-electron chi connectivity index (χ3n) is 6.27. The summed E-state index contributed by atoms with van der Waals surface area (Å²) in [6, 6.07) is 15.1. The van der Waals surface area contributed by atoms with Crippen LogP contribution in [0, 0.1) is 0 Å². The largest absolute Gasteiger partial charge is 0.493 e. The smallest absolute Gasteiger partial charge is 0.203 e. The highest BCUT2D eigenvalue weighted by atomic mass is 32.1. The third-order valence-corrected chi connectivity index (χ3v) is 6.62. The Morgan fingerprint density at radius 2 is 1.56 bits per heavy atom. The Balaban J connectivity index is 1.89. The fraction of sp³-hybridized carbons (Fsp3) is 0.500. The van der Waals surface area contributed by atoms with E-state index in [0.29, 0.717) is 29.8 Å². The van der Waals surface area contributed by atoms with Gasteiger partial charge in [0.1, 0.15) is 0 Å². The van der Waals surface area contributed by atoms with Crippen LogP contribution in [0.25, 0.3) is 0 Å². The fourth-order valence-corrected chi connectivity index (χ4v) is 4.79. The lowest BCUT2D eigenvalue weighted by Gasteiger charge is -2.34. The number of rotatable bonds is 8. The van der Waals surface area contributed by atoms with E-state index in [1.54, 1.807) is 21.3 Å². The maximum absolute atomic E-state index is 5.97. The van der Waals surface area contributed by atoms with Gasteiger partial charge in [0.2, 0.25) is 5.75 Å². The maximum atomic E-state index is 5.97. The van der Waals surface area contributed by atoms with E-state index < -0.39 is 0 Å². The van der Waals surface area contributed by atoms with Gasteiger partial charge >= 0.3 is 0 Å². The predicted octanol–water partition coefficient (Wildman–Crippen LogP) is 5.87. The standard InChI is InChI=1S/C26H36N2O3S/c1-19(21-12-8-7-9-13-21)28(26(32)27-22-14-10-5-6-11-15-22)18-20-16-23(29-2)25(31-4)24(17-20)30-3/h7-9,12-13,16-17,19,22H,5-6,10-11,14-15,18H2,1-4H3,(H,27,32)/t19-/m1/s1. The lowest BCUT2D eigenvalue weighted by molar-refractivity contribution is 0.308. The van der Waals surface area contributed by atoms with Gasteiger partial charge in [0, 0.05) is 12.6 Å². The molecule has 0 bridgehead atoms. The molecule has 0 saturated heterocycles. The molecule has 32 heavy (non-hydrogen) atoms. The highest BCUT2D eigenvalue weighted by Crippen LogP contribution is 2.39. The summed E-state index contributed by atoms with van der Waals surface area (Å²) in [7, 11) is 4.91. The minimum atomic E-state index is 0.112. The van der Waals surface area contributed by atoms with Crippen molar-refractivity contribution in [1.82, 2.24) is 10.2 Å². The number of ether oxygens (including phenoxy) is 3. The lowest BCUT2D eigenvalue weighted by Crippen LogP contribution is -2.45. The average Bonchev–Trinajstić information content (AvgIpc) is 3.10. The normalized spacial score (nSPS) is 15.4. The van der Waals surface area contributed by atoms with Crippen LogP contribution in [0.4, 0.5) is 0 Å². The summed E-state index contributed by atoms with van der Waals surface area (Å²) < 4.78 is 16.6. The SMILES string of the molecule is COc1cc(CN(C(=S)NC2CCCCCC2)[C@H](C)c2ccccc2)cc(OC)c1OC. The number of methoxy groups -OCH3 is 3. The van der Waals surface area contributed by atoms with Crippen molar-refractivity contribution in [3.63, 3.8) is 0 Å². The van der Waals surface area contributed by atoms with Gasteiger partial charge in [-0.25, -0.2) is 0 Å². The van der Waals surface area contributed by atoms with Crippen LogP contribution in [0.15, 0.2) is 42.5 Å². The fourth-order valence-electron chi connectivity index (χ4n) is 4.40. The van der Waals surface area contributed by atoms with Gasteiger partial charge in [-0.3, -0.25) is 0 Å². The Hall–Kier alpha value is -2.47. The van der Waals surface area contributed by atoms with E-state index in [9.17, 15) is 0 Å². The highest BCUT2D eigenvalue weighted by Gasteiger charge is 2.23. The second-order valence-corrected chi connectivity index (χ2v) is 8.77. The number of hydrogen-bond donors (Lipinski definition) is 1. The Labute approximate surface area is 198 Å². The molecular formula is C26H36N2O3S. The van der Waals surface area contributed by atoms with Gasteiger partial charge < -0.3 is 24.4 Å². The van der Waals surface area contributed by atoms with Gasteiger partial charge in [-0.15, -0.1) is 0 Å². The molecule has 174 valence electrons. The maximum Gasteiger partial charge on any atom is 0.203 e. The van der Waals surface area contributed by atoms with E-state index in [2.05, 4.69) is 41.4 Å². The molecule has 0 amide bonds. The highest BCUT2D eigenvalue weighted by molar-refractivity contribution is 7.80. The van der Waals surface area contributed by atoms with Crippen molar-refractivity contribution in [2.45, 2.75) is 64.1 Å². The minimum Gasteiger partial charge on any atom is -0.493 e. The first-order chi connectivity index (χ1) is 15.6. The number of nitrogens with one attached hydrogen (secondary N) is 1. The molecule has 0 aliphatic heterocycles. The van der Waals surface area contributed by atoms with Crippen LogP contribution in [0.3, 0.4) is 0 Å². The Bertz CT molecular complexity index is 842. The number of nitrogens with zero attached hydrogens (tertiary/aromatic N) is 1. The molecule has 1 saturated carbocycles. The van der Waals surface area contributed by atoms with E-state index >= 15 is 0 Å². The molecule has 0 radical (unpaired) electrons. The summed E-state index contributed by atoms with van der Waals surface area (Å²) in [4.78, 5) is 2.26. The Morgan fingerprint density at radius 1 is 0.969 bits per heavy atom. The first-order valence-electron chi connectivity index (χ1n) is 11.5. The van der Waals surface area contributed by atoms with Crippen LogP contribution in [-0.2, 0) is 6.54 Å². The van der Waals surface area contributed by atoms with E-state index in [-0.39, 0.29) is 6.04 Å². The van der Waals surface area contributed by atoms with Gasteiger partial charge in [0.25, 0.3) is 0 Å². The molecule has 3 rings (SSSR count). The van der Waals surface area contributed by atoms with Crippen LogP contribution in [0.5, 0.6) is 17.2 Å². The van der Waals surface area contributed by atoms with Crippen molar-refractivity contribution in [2.75, 3.05) is 21.3 Å². The Morgan fingerprint density at radius 3 is 2.09 bits per heavy atom. The molecule has 0 aromatic heterocycles. The van der Waals surface area contributed by atoms with Crippen LogP contribution in [0.2, 0.25) is 0 Å². The Kier molecular flexibility index (Phi) is 9.03. The molecular weight excluding hydrogens is 420 g/mol. The van der Waals surface area contributed by atoms with Crippen molar-refractivity contribution in [1.29, 1.82) is 0 Å². The molecule has 6 heteroatoms. The van der Waals surface area contributed by atoms with Crippen molar-refractivity contribution in [3.05, 3.63) is 53.6 Å². The van der Waals surface area contributed by atoms with Crippen molar-refractivity contribution < 1.29 is 14.2 Å². The zero-order valence-corrected chi connectivity index (χ0v) is 20.5. The molecule has 5 nitrogen and oxygen atoms in total. The first-order valence-corrected chi connectivity index (χ1v) is 11.9. The van der Waals surface area contributed by atoms with Crippen molar-refractivity contribution in [2.24, 2.45) is 0 Å². The van der Waals surface area contributed by atoms with E-state index in [0.717, 1.165) is 10.7 Å². The van der Waals surface area contributed by atoms with Crippen LogP contribution in [-0.4, -0.2) is 37.4 Å². The zero-order valence-electron chi connectivity index (χ0n) is 19.7. The monoisotopic (exact) mass is 456 g/mol. The molecule has 1 fully saturated rings. The summed E-state index contributed by atoms with van der Waals surface area (Å²) in [5, 5.41) is 4.47. The average molecular weight is 457 g/mol. The molecule has 1 N–H and O–H groups in total. The van der Waals surface area contributed by atoms with E-state index in [1.807, 2.05) is 18.2 Å². The number of hydrogen-bond acceptors (Lipinski definition) is 4. The summed E-state index contributed by atoms with van der Waals surface area (Å²) >= 11 is 5.97. The summed E-state index contributed by atoms with van der Waals surface area (Å²) in [6.45, 7) is 2.83. The summed E-state index contributed by atoms with van der Waals surface area (Å²) in [5.41, 5.74) is 2.28. The van der Waals surface area contributed by atoms with Gasteiger partial charge in [0.15, 0.2) is 16.6 Å². The molecule has 0 spiro atoms. The quantitative estimate of drug-likeness (QED) is 0.396. The van der Waals surface area contributed by atoms with Gasteiger partial charge in [-0.2, -0.15) is 0 Å². The van der Waals surface area contributed by atoms with Crippen LogP contribution in [0.1, 0.15) is 62.6 Å². The van der Waals surface area contributed by atoms with Crippen LogP contribution < -0.4 is 19.5 Å². The zero-order chi connectivity index (χ0) is 22.9. The topological polar surface area (TPSA) is 43.0 Å². The second kappa shape index (κ2) is 12.0. The van der Waals surface area contributed by atoms with Crippen molar-refractivity contribution in [3.8, 4) is 17.2 Å². The van der Waals surface area contributed by atoms with Gasteiger partial charge in [-0.05, 0) is 55.2 Å². The first kappa shape index (κ1) is 24.2. The summed E-state index contributed by atoms with van der Waals surface area (Å²) in [5.74, 6) is 1.90. The minimum absolute atomic E-state index is 0.112. The third kappa shape index (κ3) is 6.06. The predicted molar refractivity (Wildman–Crippen MR) is 134 cm³/mol. The second-order valence-electron chi connectivity index (χ2n) is 8.39. The van der Waals surface area contributed by atoms with Gasteiger partial charge in [0.05, 0.1) is 27.4 Å². The molecule has 0 heterocycles. The lowest BCUT2D eigenvalue weighted by atomic mass is 10.1. The van der Waals surface area contributed by atoms with E-state index in [4.69, 9.17) is 26.4 Å². The van der Waals surface area contributed by atoms with Gasteiger partial charge in [-0.1, -0.05) is 56.0 Å². The summed E-state index contributed by atoms with van der Waals surface area (Å²) in [6.07, 6.45) is 7.53. The van der Waals surface area contributed by atoms with Crippen molar-refractivity contribution >= 4 is 17.3 Å². The number of benzene rings is 2. The molecule has 0 unspecified atom stereocenters.